The normalized spacial score (nSPS) is 10.5. The van der Waals surface area contributed by atoms with E-state index in [1.54, 1.807) is 0 Å². The Kier molecular flexibility index (Phi) is 3.87. The van der Waals surface area contributed by atoms with E-state index >= 15 is 0 Å². The second-order valence-corrected chi connectivity index (χ2v) is 5.10. The van der Waals surface area contributed by atoms with Crippen molar-refractivity contribution in [3.8, 4) is 0 Å². The summed E-state index contributed by atoms with van der Waals surface area (Å²) in [5, 5.41) is 0.288. The molecule has 2 aromatic rings. The SMILES string of the molecule is Nc1ccc(Cl)cc1C(=O)c1cc(F)c(Br)cc1F. The molecule has 98 valence electrons. The molecule has 0 spiro atoms. The molecule has 6 heteroatoms. The van der Waals surface area contributed by atoms with Crippen LogP contribution in [0.15, 0.2) is 34.8 Å². The van der Waals surface area contributed by atoms with E-state index in [1.807, 2.05) is 0 Å². The lowest BCUT2D eigenvalue weighted by atomic mass is 10.0. The molecule has 0 aliphatic heterocycles. The van der Waals surface area contributed by atoms with Crippen LogP contribution >= 0.6 is 27.5 Å². The van der Waals surface area contributed by atoms with Gasteiger partial charge in [-0.05, 0) is 46.3 Å². The van der Waals surface area contributed by atoms with Crippen LogP contribution in [0.4, 0.5) is 14.5 Å². The lowest BCUT2D eigenvalue weighted by Gasteiger charge is -2.07. The number of rotatable bonds is 2. The number of carbonyl (C=O) groups is 1. The Balaban J connectivity index is 2.56. The molecule has 0 bridgehead atoms. The van der Waals surface area contributed by atoms with Gasteiger partial charge in [0.25, 0.3) is 0 Å². The number of hydrogen-bond donors (Lipinski definition) is 1. The summed E-state index contributed by atoms with van der Waals surface area (Å²) in [6.45, 7) is 0. The van der Waals surface area contributed by atoms with E-state index in [4.69, 9.17) is 17.3 Å². The molecule has 2 nitrogen and oxygen atoms in total. The van der Waals surface area contributed by atoms with Gasteiger partial charge >= 0.3 is 0 Å². The number of nitrogens with two attached hydrogens (primary N) is 1. The van der Waals surface area contributed by atoms with Crippen molar-refractivity contribution in [1.82, 2.24) is 0 Å². The summed E-state index contributed by atoms with van der Waals surface area (Å²) in [7, 11) is 0. The van der Waals surface area contributed by atoms with Crippen molar-refractivity contribution in [2.24, 2.45) is 0 Å². The average Bonchev–Trinajstić information content (AvgIpc) is 2.36. The van der Waals surface area contributed by atoms with Gasteiger partial charge in [0.1, 0.15) is 11.6 Å². The molecule has 2 rings (SSSR count). The molecule has 0 heterocycles. The first-order valence-electron chi connectivity index (χ1n) is 5.14. The maximum Gasteiger partial charge on any atom is 0.198 e. The Bertz CT molecular complexity index is 676. The summed E-state index contributed by atoms with van der Waals surface area (Å²) in [4.78, 5) is 12.1. The maximum atomic E-state index is 13.7. The van der Waals surface area contributed by atoms with E-state index in [9.17, 15) is 13.6 Å². The molecule has 0 aromatic heterocycles. The molecule has 19 heavy (non-hydrogen) atoms. The summed E-state index contributed by atoms with van der Waals surface area (Å²) in [6, 6.07) is 5.97. The van der Waals surface area contributed by atoms with Gasteiger partial charge < -0.3 is 5.73 Å². The van der Waals surface area contributed by atoms with Crippen molar-refractivity contribution in [2.45, 2.75) is 0 Å². The molecule has 0 saturated heterocycles. The Labute approximate surface area is 121 Å². The number of anilines is 1. The van der Waals surface area contributed by atoms with Crippen LogP contribution in [0.5, 0.6) is 0 Å². The lowest BCUT2D eigenvalue weighted by Crippen LogP contribution is -2.08. The van der Waals surface area contributed by atoms with Gasteiger partial charge in [0.15, 0.2) is 5.78 Å². The number of nitrogen functional groups attached to an aromatic ring is 1. The molecule has 2 N–H and O–H groups in total. The Hall–Kier alpha value is -1.46. The third-order valence-corrected chi connectivity index (χ3v) is 3.36. The van der Waals surface area contributed by atoms with Gasteiger partial charge in [0.2, 0.25) is 0 Å². The minimum atomic E-state index is -0.836. The van der Waals surface area contributed by atoms with Crippen molar-refractivity contribution in [2.75, 3.05) is 5.73 Å². The fourth-order valence-electron chi connectivity index (χ4n) is 1.57. The fourth-order valence-corrected chi connectivity index (χ4v) is 2.05. The van der Waals surface area contributed by atoms with Crippen molar-refractivity contribution in [3.63, 3.8) is 0 Å². The standard InChI is InChI=1S/C13H7BrClF2NO/c14-9-5-10(16)7(4-11(9)17)13(19)8-3-6(15)1-2-12(8)18/h1-5H,18H2. The molecular formula is C13H7BrClF2NO. The molecule has 2 aromatic carbocycles. The fraction of sp³-hybridized carbons (Fsp3) is 0. The van der Waals surface area contributed by atoms with Crippen molar-refractivity contribution in [3.05, 3.63) is 62.6 Å². The van der Waals surface area contributed by atoms with E-state index in [-0.39, 0.29) is 20.7 Å². The number of carbonyl (C=O) groups excluding carboxylic acids is 1. The first-order chi connectivity index (χ1) is 8.90. The average molecular weight is 347 g/mol. The van der Waals surface area contributed by atoms with Crippen LogP contribution in [0.1, 0.15) is 15.9 Å². The number of hydrogen-bond acceptors (Lipinski definition) is 2. The zero-order valence-electron chi connectivity index (χ0n) is 9.38. The highest BCUT2D eigenvalue weighted by molar-refractivity contribution is 9.10. The largest absolute Gasteiger partial charge is 0.398 e. The van der Waals surface area contributed by atoms with Crippen molar-refractivity contribution >= 4 is 39.0 Å². The van der Waals surface area contributed by atoms with Crippen molar-refractivity contribution < 1.29 is 13.6 Å². The third kappa shape index (κ3) is 2.77. The Morgan fingerprint density at radius 1 is 1.11 bits per heavy atom. The predicted molar refractivity (Wildman–Crippen MR) is 73.4 cm³/mol. The number of ketones is 1. The molecule has 0 fully saturated rings. The highest BCUT2D eigenvalue weighted by Gasteiger charge is 2.19. The minimum Gasteiger partial charge on any atom is -0.398 e. The lowest BCUT2D eigenvalue weighted by molar-refractivity contribution is 0.103. The second-order valence-electron chi connectivity index (χ2n) is 3.81. The molecule has 0 radical (unpaired) electrons. The summed E-state index contributed by atoms with van der Waals surface area (Å²) in [5.41, 5.74) is 5.43. The zero-order valence-corrected chi connectivity index (χ0v) is 11.7. The second kappa shape index (κ2) is 5.27. The summed E-state index contributed by atoms with van der Waals surface area (Å²) >= 11 is 8.60. The van der Waals surface area contributed by atoms with Gasteiger partial charge in [-0.1, -0.05) is 11.6 Å². The smallest absolute Gasteiger partial charge is 0.198 e. The van der Waals surface area contributed by atoms with Crippen LogP contribution in [0.25, 0.3) is 0 Å². The van der Waals surface area contributed by atoms with Gasteiger partial charge in [-0.25, -0.2) is 8.78 Å². The summed E-state index contributed by atoms with van der Waals surface area (Å²) in [5.74, 6) is -2.29. The zero-order chi connectivity index (χ0) is 14.2. The number of benzene rings is 2. The summed E-state index contributed by atoms with van der Waals surface area (Å²) < 4.78 is 27.0. The molecule has 0 saturated carbocycles. The number of halogens is 4. The van der Waals surface area contributed by atoms with Gasteiger partial charge in [-0.3, -0.25) is 4.79 Å². The van der Waals surface area contributed by atoms with E-state index < -0.39 is 23.0 Å². The van der Waals surface area contributed by atoms with Crippen LogP contribution in [-0.2, 0) is 0 Å². The van der Waals surface area contributed by atoms with E-state index in [0.29, 0.717) is 0 Å². The maximum absolute atomic E-state index is 13.7. The summed E-state index contributed by atoms with van der Waals surface area (Å²) in [6.07, 6.45) is 0. The van der Waals surface area contributed by atoms with E-state index in [1.165, 1.54) is 18.2 Å². The van der Waals surface area contributed by atoms with Crippen LogP contribution in [0, 0.1) is 11.6 Å². The van der Waals surface area contributed by atoms with E-state index in [0.717, 1.165) is 12.1 Å². The first-order valence-corrected chi connectivity index (χ1v) is 6.31. The van der Waals surface area contributed by atoms with Crippen LogP contribution in [0.3, 0.4) is 0 Å². The van der Waals surface area contributed by atoms with Gasteiger partial charge in [0.05, 0.1) is 10.0 Å². The molecular weight excluding hydrogens is 340 g/mol. The van der Waals surface area contributed by atoms with Gasteiger partial charge in [-0.2, -0.15) is 0 Å². The molecule has 0 unspecified atom stereocenters. The topological polar surface area (TPSA) is 43.1 Å². The quantitative estimate of drug-likeness (QED) is 0.503. The highest BCUT2D eigenvalue weighted by atomic mass is 79.9. The first kappa shape index (κ1) is 14.0. The Morgan fingerprint density at radius 2 is 1.79 bits per heavy atom. The molecule has 0 atom stereocenters. The van der Waals surface area contributed by atoms with Gasteiger partial charge in [-0.15, -0.1) is 0 Å². The predicted octanol–water partition coefficient (Wildman–Crippen LogP) is 4.19. The molecule has 0 aliphatic rings. The van der Waals surface area contributed by atoms with Crippen LogP contribution < -0.4 is 5.73 Å². The monoisotopic (exact) mass is 345 g/mol. The van der Waals surface area contributed by atoms with Gasteiger partial charge in [0, 0.05) is 16.3 Å². The van der Waals surface area contributed by atoms with E-state index in [2.05, 4.69) is 15.9 Å². The Morgan fingerprint density at radius 3 is 2.47 bits per heavy atom. The van der Waals surface area contributed by atoms with Crippen LogP contribution in [0.2, 0.25) is 5.02 Å². The van der Waals surface area contributed by atoms with Crippen molar-refractivity contribution in [1.29, 1.82) is 0 Å². The minimum absolute atomic E-state index is 0.0353. The molecule has 0 amide bonds. The third-order valence-electron chi connectivity index (χ3n) is 2.51. The highest BCUT2D eigenvalue weighted by Crippen LogP contribution is 2.25. The van der Waals surface area contributed by atoms with Crippen LogP contribution in [-0.4, -0.2) is 5.78 Å². The molecule has 0 aliphatic carbocycles.